The summed E-state index contributed by atoms with van der Waals surface area (Å²) in [7, 11) is 1.49. The minimum atomic E-state index is -4.68. The number of alkyl halides is 3. The van der Waals surface area contributed by atoms with E-state index in [1.807, 2.05) is 0 Å². The predicted molar refractivity (Wildman–Crippen MR) is 130 cm³/mol. The van der Waals surface area contributed by atoms with Gasteiger partial charge in [-0.2, -0.15) is 18.3 Å². The van der Waals surface area contributed by atoms with E-state index in [0.29, 0.717) is 11.8 Å². The maximum Gasteiger partial charge on any atom is 0.425 e. The van der Waals surface area contributed by atoms with E-state index in [-0.39, 0.29) is 51.7 Å². The molecule has 0 bridgehead atoms. The van der Waals surface area contributed by atoms with Crippen molar-refractivity contribution in [1.29, 1.82) is 0 Å². The second-order valence-corrected chi connectivity index (χ2v) is 8.03. The molecule has 198 valence electrons. The number of halogens is 4. The van der Waals surface area contributed by atoms with Gasteiger partial charge in [-0.15, -0.1) is 0 Å². The fraction of sp³-hybridized carbons (Fsp3) is 0.304. The highest BCUT2D eigenvalue weighted by atomic mass is 35.5. The summed E-state index contributed by atoms with van der Waals surface area (Å²) in [5, 5.41) is 25.3. The Balaban J connectivity index is 2.17. The van der Waals surface area contributed by atoms with Crippen molar-refractivity contribution in [3.05, 3.63) is 41.7 Å². The predicted octanol–water partition coefficient (Wildman–Crippen LogP) is 4.33. The van der Waals surface area contributed by atoms with Crippen LogP contribution in [0.4, 0.5) is 18.9 Å². The zero-order valence-electron chi connectivity index (χ0n) is 19.9. The number of amides is 1. The molecule has 1 aromatic carbocycles. The van der Waals surface area contributed by atoms with E-state index in [2.05, 4.69) is 15.1 Å². The Labute approximate surface area is 214 Å². The molecule has 1 atom stereocenters. The van der Waals surface area contributed by atoms with Crippen LogP contribution in [0.5, 0.6) is 23.3 Å². The first kappa shape index (κ1) is 27.7. The minimum absolute atomic E-state index is 0.0251. The smallest absolute Gasteiger partial charge is 0.425 e. The van der Waals surface area contributed by atoms with Gasteiger partial charge in [0.05, 0.1) is 17.3 Å². The number of aromatic hydroxyl groups is 1. The first-order chi connectivity index (χ1) is 17.5. The van der Waals surface area contributed by atoms with E-state index in [1.54, 1.807) is 13.0 Å². The lowest BCUT2D eigenvalue weighted by Gasteiger charge is -2.23. The van der Waals surface area contributed by atoms with E-state index < -0.39 is 18.9 Å². The Hall–Kier alpha value is -3.84. The topological polar surface area (TPSA) is 121 Å². The number of benzene rings is 1. The van der Waals surface area contributed by atoms with Gasteiger partial charge in [-0.05, 0) is 31.4 Å². The number of carbonyl (C=O) groups is 1. The SMILES string of the molecule is CCN(C=O)/C(CO)=N\N(C)c1cc(OC(C)C(F)(F)F)c2c(Oc3cc(O)ncc3Cl)nccc2c1. The number of pyridine rings is 2. The van der Waals surface area contributed by atoms with Crippen molar-refractivity contribution in [3.63, 3.8) is 0 Å². The Morgan fingerprint density at radius 2 is 2.00 bits per heavy atom. The highest BCUT2D eigenvalue weighted by Gasteiger charge is 2.38. The number of aromatic nitrogens is 2. The molecule has 2 heterocycles. The second-order valence-electron chi connectivity index (χ2n) is 7.62. The maximum atomic E-state index is 13.4. The summed E-state index contributed by atoms with van der Waals surface area (Å²) in [4.78, 5) is 20.2. The summed E-state index contributed by atoms with van der Waals surface area (Å²) in [6.07, 6.45) is -3.87. The number of nitrogens with zero attached hydrogens (tertiary/aromatic N) is 5. The van der Waals surface area contributed by atoms with Crippen molar-refractivity contribution in [2.45, 2.75) is 26.1 Å². The zero-order chi connectivity index (χ0) is 27.3. The van der Waals surface area contributed by atoms with Crippen LogP contribution < -0.4 is 14.5 Å². The Morgan fingerprint density at radius 3 is 2.62 bits per heavy atom. The fourth-order valence-electron chi connectivity index (χ4n) is 3.17. The van der Waals surface area contributed by atoms with Gasteiger partial charge in [-0.3, -0.25) is 14.7 Å². The lowest BCUT2D eigenvalue weighted by molar-refractivity contribution is -0.189. The van der Waals surface area contributed by atoms with E-state index in [0.717, 1.165) is 19.2 Å². The molecule has 2 N–H and O–H groups in total. The first-order valence-corrected chi connectivity index (χ1v) is 11.2. The Kier molecular flexibility index (Phi) is 8.61. The molecule has 37 heavy (non-hydrogen) atoms. The molecule has 1 amide bonds. The average Bonchev–Trinajstić information content (AvgIpc) is 2.85. The normalized spacial score (nSPS) is 12.8. The highest BCUT2D eigenvalue weighted by Crippen LogP contribution is 2.41. The van der Waals surface area contributed by atoms with Gasteiger partial charge in [0.2, 0.25) is 18.2 Å². The van der Waals surface area contributed by atoms with Gasteiger partial charge < -0.3 is 19.7 Å². The molecule has 0 fully saturated rings. The third-order valence-electron chi connectivity index (χ3n) is 5.13. The summed E-state index contributed by atoms with van der Waals surface area (Å²) in [5.74, 6) is -0.765. The van der Waals surface area contributed by atoms with E-state index in [1.165, 1.54) is 35.3 Å². The van der Waals surface area contributed by atoms with Crippen LogP contribution in [0.3, 0.4) is 0 Å². The molecular formula is C23H23ClF3N5O5. The number of anilines is 1. The summed E-state index contributed by atoms with van der Waals surface area (Å²) in [6, 6.07) is 5.52. The summed E-state index contributed by atoms with van der Waals surface area (Å²) >= 11 is 6.08. The van der Waals surface area contributed by atoms with E-state index in [4.69, 9.17) is 21.1 Å². The highest BCUT2D eigenvalue weighted by molar-refractivity contribution is 6.32. The molecule has 10 nitrogen and oxygen atoms in total. The molecule has 3 rings (SSSR count). The lowest BCUT2D eigenvalue weighted by Crippen LogP contribution is -2.34. The van der Waals surface area contributed by atoms with Gasteiger partial charge in [0, 0.05) is 31.9 Å². The van der Waals surface area contributed by atoms with Crippen LogP contribution in [-0.2, 0) is 4.79 Å². The van der Waals surface area contributed by atoms with E-state index in [9.17, 15) is 28.2 Å². The van der Waals surface area contributed by atoms with Gasteiger partial charge >= 0.3 is 6.18 Å². The lowest BCUT2D eigenvalue weighted by atomic mass is 10.1. The van der Waals surface area contributed by atoms with E-state index >= 15 is 0 Å². The average molecular weight is 542 g/mol. The van der Waals surface area contributed by atoms with Crippen LogP contribution in [0.1, 0.15) is 13.8 Å². The number of aliphatic hydroxyl groups is 1. The van der Waals surface area contributed by atoms with Crippen molar-refractivity contribution >= 4 is 40.3 Å². The van der Waals surface area contributed by atoms with Gasteiger partial charge in [0.15, 0.2) is 17.7 Å². The molecule has 0 spiro atoms. The molecule has 0 aliphatic heterocycles. The maximum absolute atomic E-state index is 13.4. The summed E-state index contributed by atoms with van der Waals surface area (Å²) in [6.45, 7) is 2.22. The van der Waals surface area contributed by atoms with Crippen LogP contribution >= 0.6 is 11.6 Å². The van der Waals surface area contributed by atoms with Gasteiger partial charge in [0.1, 0.15) is 17.4 Å². The first-order valence-electron chi connectivity index (χ1n) is 10.8. The number of amidine groups is 1. The number of aliphatic hydroxyl groups excluding tert-OH is 1. The third kappa shape index (κ3) is 6.49. The number of ether oxygens (including phenoxy) is 2. The van der Waals surface area contributed by atoms with Crippen LogP contribution in [0.25, 0.3) is 10.8 Å². The Morgan fingerprint density at radius 1 is 1.27 bits per heavy atom. The second kappa shape index (κ2) is 11.5. The third-order valence-corrected chi connectivity index (χ3v) is 5.42. The van der Waals surface area contributed by atoms with Crippen LogP contribution in [0, 0.1) is 0 Å². The van der Waals surface area contributed by atoms with Crippen molar-refractivity contribution in [3.8, 4) is 23.3 Å². The number of fused-ring (bicyclic) bond motifs is 1. The molecule has 2 aromatic heterocycles. The quantitative estimate of drug-likeness (QED) is 0.178. The molecule has 0 saturated carbocycles. The summed E-state index contributed by atoms with van der Waals surface area (Å²) < 4.78 is 51.2. The van der Waals surface area contributed by atoms with Crippen LogP contribution in [-0.4, -0.2) is 69.8 Å². The molecule has 14 heteroatoms. The van der Waals surface area contributed by atoms with Crippen LogP contribution in [0.2, 0.25) is 5.02 Å². The van der Waals surface area contributed by atoms with Crippen molar-refractivity contribution < 1.29 is 37.7 Å². The molecule has 3 aromatic rings. The van der Waals surface area contributed by atoms with Crippen molar-refractivity contribution in [2.75, 3.05) is 25.2 Å². The minimum Gasteiger partial charge on any atom is -0.493 e. The number of carbonyl (C=O) groups excluding carboxylic acids is 1. The summed E-state index contributed by atoms with van der Waals surface area (Å²) in [5.41, 5.74) is 0.279. The number of likely N-dealkylation sites (N-methyl/N-ethyl adjacent to an activating group) is 1. The van der Waals surface area contributed by atoms with Gasteiger partial charge in [-0.25, -0.2) is 9.97 Å². The Bertz CT molecular complexity index is 1310. The standard InChI is InChI=1S/C23H23ClF3N5O5/c1-4-32(12-34)19(11-33)30-31(3)15-7-14-5-6-28-22(37-17-9-20(35)29-10-16(17)24)21(14)18(8-15)36-13(2)23(25,26)27/h5-10,12-13,33H,4,11H2,1-3H3,(H,29,35)/b30-19-. The van der Waals surface area contributed by atoms with Gasteiger partial charge in [-0.1, -0.05) is 11.6 Å². The molecular weight excluding hydrogens is 519 g/mol. The number of hydrogen-bond donors (Lipinski definition) is 2. The fourth-order valence-corrected chi connectivity index (χ4v) is 3.31. The largest absolute Gasteiger partial charge is 0.493 e. The van der Waals surface area contributed by atoms with Crippen molar-refractivity contribution in [1.82, 2.24) is 14.9 Å². The van der Waals surface area contributed by atoms with Crippen molar-refractivity contribution in [2.24, 2.45) is 5.10 Å². The van der Waals surface area contributed by atoms with Gasteiger partial charge in [0.25, 0.3) is 0 Å². The molecule has 0 aliphatic rings. The number of hydrazone groups is 1. The monoisotopic (exact) mass is 541 g/mol. The molecule has 0 saturated heterocycles. The zero-order valence-corrected chi connectivity index (χ0v) is 20.7. The number of hydrogen-bond acceptors (Lipinski definition) is 9. The molecule has 1 unspecified atom stereocenters. The number of rotatable bonds is 9. The van der Waals surface area contributed by atoms with Crippen LogP contribution in [0.15, 0.2) is 41.8 Å². The molecule has 0 aliphatic carbocycles. The molecule has 0 radical (unpaired) electrons.